The molecule has 1 aliphatic heterocycles. The first-order chi connectivity index (χ1) is 8.65. The first kappa shape index (κ1) is 13.0. The minimum absolute atomic E-state index is 0.141. The number of aromatic nitrogens is 2. The van der Waals surface area contributed by atoms with Gasteiger partial charge in [0.05, 0.1) is 6.54 Å². The number of carbonyl (C=O) groups is 2. The highest BCUT2D eigenvalue weighted by atomic mass is 32.2. The van der Waals surface area contributed by atoms with Crippen LogP contribution >= 0.6 is 11.8 Å². The molecule has 0 radical (unpaired) electrons. The van der Waals surface area contributed by atoms with Crippen molar-refractivity contribution in [1.29, 1.82) is 0 Å². The van der Waals surface area contributed by atoms with Crippen LogP contribution < -0.4 is 5.73 Å². The monoisotopic (exact) mass is 270 g/mol. The van der Waals surface area contributed by atoms with Gasteiger partial charge in [0.1, 0.15) is 5.25 Å². The lowest BCUT2D eigenvalue weighted by Crippen LogP contribution is -2.31. The molecule has 2 amide bonds. The van der Waals surface area contributed by atoms with E-state index in [1.54, 1.807) is 0 Å². The van der Waals surface area contributed by atoms with Gasteiger partial charge in [0.15, 0.2) is 0 Å². The van der Waals surface area contributed by atoms with E-state index in [9.17, 15) is 9.59 Å². The Labute approximate surface area is 108 Å². The number of hydrogen-bond acceptors (Lipinski definition) is 7. The number of hydrogen-bond donors (Lipinski definition) is 1. The zero-order chi connectivity index (χ0) is 13.1. The molecule has 0 spiro atoms. The third kappa shape index (κ3) is 2.54. The van der Waals surface area contributed by atoms with Gasteiger partial charge in [-0.3, -0.25) is 14.5 Å². The van der Waals surface area contributed by atoms with Crippen LogP contribution in [0, 0.1) is 0 Å². The van der Waals surface area contributed by atoms with Gasteiger partial charge in [0.2, 0.25) is 17.7 Å². The molecular formula is C10H14N4O3S. The molecule has 0 bridgehead atoms. The summed E-state index contributed by atoms with van der Waals surface area (Å²) in [4.78, 5) is 24.9. The molecule has 98 valence electrons. The second-order valence-corrected chi connectivity index (χ2v) is 5.01. The fourth-order valence-corrected chi connectivity index (χ4v) is 2.62. The summed E-state index contributed by atoms with van der Waals surface area (Å²) in [5.74, 6) is -0.00283. The standard InChI is InChI=1S/C10H14N4O3S/c1-2-3-14-8(15)4-6(9(14)16)18-10-13-12-7(5-11)17-10/h6H,2-5,11H2,1H3. The quantitative estimate of drug-likeness (QED) is 0.760. The third-order valence-corrected chi connectivity index (χ3v) is 3.54. The van der Waals surface area contributed by atoms with Crippen molar-refractivity contribution in [3.05, 3.63) is 5.89 Å². The molecule has 1 aromatic rings. The lowest BCUT2D eigenvalue weighted by atomic mass is 10.4. The van der Waals surface area contributed by atoms with Crippen LogP contribution in [-0.2, 0) is 16.1 Å². The molecule has 1 atom stereocenters. The number of nitrogens with two attached hydrogens (primary N) is 1. The van der Waals surface area contributed by atoms with Crippen molar-refractivity contribution in [2.45, 2.75) is 36.8 Å². The first-order valence-corrected chi connectivity index (χ1v) is 6.57. The van der Waals surface area contributed by atoms with Crippen LogP contribution in [0.3, 0.4) is 0 Å². The Kier molecular flexibility index (Phi) is 3.97. The summed E-state index contributed by atoms with van der Waals surface area (Å²) in [5.41, 5.74) is 5.35. The Morgan fingerprint density at radius 3 is 2.89 bits per heavy atom. The number of nitrogens with zero attached hydrogens (tertiary/aromatic N) is 3. The van der Waals surface area contributed by atoms with Crippen LogP contribution in [-0.4, -0.2) is 38.7 Å². The highest BCUT2D eigenvalue weighted by Gasteiger charge is 2.39. The van der Waals surface area contributed by atoms with Crippen LogP contribution in [0.5, 0.6) is 0 Å². The van der Waals surface area contributed by atoms with E-state index in [1.165, 1.54) is 4.90 Å². The van der Waals surface area contributed by atoms with Crippen LogP contribution in [0.25, 0.3) is 0 Å². The van der Waals surface area contributed by atoms with Crippen LogP contribution in [0.4, 0.5) is 0 Å². The van der Waals surface area contributed by atoms with E-state index < -0.39 is 5.25 Å². The summed E-state index contributed by atoms with van der Waals surface area (Å²) in [6.07, 6.45) is 0.941. The molecule has 2 N–H and O–H groups in total. The molecule has 0 aliphatic carbocycles. The number of carbonyl (C=O) groups excluding carboxylic acids is 2. The summed E-state index contributed by atoms with van der Waals surface area (Å²) in [6, 6.07) is 0. The predicted octanol–water partition coefficient (Wildman–Crippen LogP) is 0.158. The number of imide groups is 1. The summed E-state index contributed by atoms with van der Waals surface area (Å²) < 4.78 is 5.21. The minimum atomic E-state index is -0.463. The average Bonchev–Trinajstić information content (AvgIpc) is 2.90. The maximum Gasteiger partial charge on any atom is 0.277 e. The van der Waals surface area contributed by atoms with E-state index in [-0.39, 0.29) is 30.0 Å². The van der Waals surface area contributed by atoms with Gasteiger partial charge in [-0.25, -0.2) is 0 Å². The molecule has 1 unspecified atom stereocenters. The third-order valence-electron chi connectivity index (χ3n) is 2.52. The summed E-state index contributed by atoms with van der Waals surface area (Å²) >= 11 is 1.12. The van der Waals surface area contributed by atoms with Crippen LogP contribution in [0.15, 0.2) is 9.64 Å². The smallest absolute Gasteiger partial charge is 0.277 e. The number of thioether (sulfide) groups is 1. The van der Waals surface area contributed by atoms with Crippen molar-refractivity contribution >= 4 is 23.6 Å². The molecule has 8 heteroatoms. The topological polar surface area (TPSA) is 102 Å². The van der Waals surface area contributed by atoms with Gasteiger partial charge in [-0.05, 0) is 6.42 Å². The van der Waals surface area contributed by atoms with Crippen LogP contribution in [0.2, 0.25) is 0 Å². The number of likely N-dealkylation sites (tertiary alicyclic amines) is 1. The number of amides is 2. The van der Waals surface area contributed by atoms with Gasteiger partial charge in [0, 0.05) is 13.0 Å². The second kappa shape index (κ2) is 5.49. The lowest BCUT2D eigenvalue weighted by Gasteiger charge is -2.12. The van der Waals surface area contributed by atoms with Crippen molar-refractivity contribution in [2.24, 2.45) is 5.73 Å². The summed E-state index contributed by atoms with van der Waals surface area (Å²) in [7, 11) is 0. The molecule has 1 aliphatic rings. The van der Waals surface area contributed by atoms with E-state index in [4.69, 9.17) is 10.2 Å². The van der Waals surface area contributed by atoms with Gasteiger partial charge in [-0.2, -0.15) is 0 Å². The van der Waals surface area contributed by atoms with Gasteiger partial charge < -0.3 is 10.2 Å². The Morgan fingerprint density at radius 1 is 1.50 bits per heavy atom. The zero-order valence-corrected chi connectivity index (χ0v) is 10.8. The molecule has 7 nitrogen and oxygen atoms in total. The predicted molar refractivity (Wildman–Crippen MR) is 63.5 cm³/mol. The van der Waals surface area contributed by atoms with Gasteiger partial charge in [-0.1, -0.05) is 18.7 Å². The van der Waals surface area contributed by atoms with E-state index in [1.807, 2.05) is 6.92 Å². The van der Waals surface area contributed by atoms with Crippen molar-refractivity contribution in [2.75, 3.05) is 6.54 Å². The van der Waals surface area contributed by atoms with E-state index >= 15 is 0 Å². The molecule has 2 rings (SSSR count). The second-order valence-electron chi connectivity index (χ2n) is 3.86. The average molecular weight is 270 g/mol. The van der Waals surface area contributed by atoms with Crippen molar-refractivity contribution in [3.8, 4) is 0 Å². The van der Waals surface area contributed by atoms with E-state index in [2.05, 4.69) is 10.2 Å². The maximum atomic E-state index is 12.0. The van der Waals surface area contributed by atoms with Crippen molar-refractivity contribution < 1.29 is 14.0 Å². The Bertz CT molecular complexity index is 462. The molecule has 1 fully saturated rings. The number of rotatable bonds is 5. The molecule has 0 aromatic carbocycles. The fraction of sp³-hybridized carbons (Fsp3) is 0.600. The molecule has 18 heavy (non-hydrogen) atoms. The largest absolute Gasteiger partial charge is 0.415 e. The minimum Gasteiger partial charge on any atom is -0.415 e. The Morgan fingerprint density at radius 2 is 2.28 bits per heavy atom. The van der Waals surface area contributed by atoms with E-state index in [0.29, 0.717) is 12.4 Å². The SMILES string of the molecule is CCCN1C(=O)CC(Sc2nnc(CN)o2)C1=O. The lowest BCUT2D eigenvalue weighted by molar-refractivity contribution is -0.138. The Hall–Kier alpha value is -1.41. The molecule has 0 saturated carbocycles. The fourth-order valence-electron chi connectivity index (χ4n) is 1.69. The molecule has 2 heterocycles. The van der Waals surface area contributed by atoms with Gasteiger partial charge in [-0.15, -0.1) is 10.2 Å². The van der Waals surface area contributed by atoms with E-state index in [0.717, 1.165) is 18.2 Å². The molecule has 1 saturated heterocycles. The first-order valence-electron chi connectivity index (χ1n) is 5.69. The van der Waals surface area contributed by atoms with Gasteiger partial charge >= 0.3 is 0 Å². The summed E-state index contributed by atoms with van der Waals surface area (Å²) in [6.45, 7) is 2.55. The van der Waals surface area contributed by atoms with Crippen molar-refractivity contribution in [1.82, 2.24) is 15.1 Å². The van der Waals surface area contributed by atoms with Gasteiger partial charge in [0.25, 0.3) is 5.22 Å². The highest BCUT2D eigenvalue weighted by Crippen LogP contribution is 2.30. The molecular weight excluding hydrogens is 256 g/mol. The zero-order valence-electron chi connectivity index (χ0n) is 9.96. The van der Waals surface area contributed by atoms with Crippen LogP contribution in [0.1, 0.15) is 25.7 Å². The van der Waals surface area contributed by atoms with Crippen molar-refractivity contribution in [3.63, 3.8) is 0 Å². The normalized spacial score (nSPS) is 19.9. The highest BCUT2D eigenvalue weighted by molar-refractivity contribution is 8.00. The summed E-state index contributed by atoms with van der Waals surface area (Å²) in [5, 5.41) is 7.28. The Balaban J connectivity index is 2.02. The maximum absolute atomic E-state index is 12.0. The molecule has 1 aromatic heterocycles.